The van der Waals surface area contributed by atoms with Crippen molar-refractivity contribution in [1.82, 2.24) is 4.98 Å². The van der Waals surface area contributed by atoms with Crippen molar-refractivity contribution in [3.05, 3.63) is 39.9 Å². The van der Waals surface area contributed by atoms with Crippen molar-refractivity contribution in [2.24, 2.45) is 0 Å². The number of carboxylic acids is 1. The van der Waals surface area contributed by atoms with Gasteiger partial charge in [-0.2, -0.15) is 0 Å². The number of para-hydroxylation sites is 1. The molecule has 0 aliphatic rings. The molecule has 0 aliphatic heterocycles. The van der Waals surface area contributed by atoms with E-state index in [0.29, 0.717) is 10.8 Å². The number of nitrogens with zero attached hydrogens (tertiary/aromatic N) is 1. The topological polar surface area (TPSA) is 65.0 Å². The van der Waals surface area contributed by atoms with E-state index in [1.54, 1.807) is 6.92 Å². The van der Waals surface area contributed by atoms with Crippen LogP contribution in [0.5, 0.6) is 0 Å². The fraction of sp³-hybridized carbons (Fsp3) is 0.333. The molecule has 2 aromatic rings. The van der Waals surface area contributed by atoms with Crippen molar-refractivity contribution in [3.63, 3.8) is 0 Å². The second kappa shape index (κ2) is 6.05. The third-order valence-electron chi connectivity index (χ3n) is 3.21. The van der Waals surface area contributed by atoms with E-state index in [4.69, 9.17) is 0 Å². The van der Waals surface area contributed by atoms with E-state index in [-0.39, 0.29) is 4.88 Å². The number of nitrogens with one attached hydrogen (secondary N) is 1. The zero-order valence-corrected chi connectivity index (χ0v) is 12.6. The molecule has 1 heterocycles. The van der Waals surface area contributed by atoms with Gasteiger partial charge in [0.25, 0.3) is 0 Å². The molecule has 0 spiro atoms. The molecule has 20 heavy (non-hydrogen) atoms. The zero-order chi connectivity index (χ0) is 14.7. The summed E-state index contributed by atoms with van der Waals surface area (Å²) in [5.41, 5.74) is 3.93. The van der Waals surface area contributed by atoms with Crippen LogP contribution in [0.1, 0.15) is 40.3 Å². The Kier molecular flexibility index (Phi) is 4.39. The predicted octanol–water partition coefficient (Wildman–Crippen LogP) is 2.68. The first-order valence-electron chi connectivity index (χ1n) is 6.63. The van der Waals surface area contributed by atoms with Gasteiger partial charge in [-0.15, -0.1) is 0 Å². The molecule has 1 N–H and O–H groups in total. The quantitative estimate of drug-likeness (QED) is 0.919. The second-order valence-electron chi connectivity index (χ2n) is 4.50. The number of hydrogen-bond acceptors (Lipinski definition) is 5. The van der Waals surface area contributed by atoms with Gasteiger partial charge in [0.15, 0.2) is 5.13 Å². The standard InChI is InChI=1S/C15H18N2O2S/c1-4-10-7-6-8-11(5-2)12(10)17-15-16-9(3)13(20-15)14(18)19/h6-8H,4-5H2,1-3H3,(H,16,17)(H,18,19)/p-1. The lowest BCUT2D eigenvalue weighted by Gasteiger charge is -2.13. The van der Waals surface area contributed by atoms with Gasteiger partial charge in [-0.05, 0) is 30.9 Å². The molecule has 4 nitrogen and oxygen atoms in total. The lowest BCUT2D eigenvalue weighted by Crippen LogP contribution is -2.21. The minimum atomic E-state index is -1.17. The molecule has 106 valence electrons. The SMILES string of the molecule is CCc1cccc(CC)c1Nc1nc(C)c(C(=O)[O-])s1. The number of anilines is 2. The summed E-state index contributed by atoms with van der Waals surface area (Å²) in [5, 5.41) is 14.8. The van der Waals surface area contributed by atoms with Crippen molar-refractivity contribution in [1.29, 1.82) is 0 Å². The highest BCUT2D eigenvalue weighted by molar-refractivity contribution is 7.17. The lowest BCUT2D eigenvalue weighted by molar-refractivity contribution is -0.254. The van der Waals surface area contributed by atoms with Gasteiger partial charge in [0.05, 0.1) is 16.5 Å². The van der Waals surface area contributed by atoms with Gasteiger partial charge in [0.1, 0.15) is 0 Å². The maximum Gasteiger partial charge on any atom is 0.188 e. The van der Waals surface area contributed by atoms with E-state index in [1.807, 2.05) is 6.07 Å². The Morgan fingerprint density at radius 1 is 1.30 bits per heavy atom. The Balaban J connectivity index is 2.39. The number of carbonyl (C=O) groups is 1. The third kappa shape index (κ3) is 2.82. The van der Waals surface area contributed by atoms with Crippen molar-refractivity contribution >= 4 is 28.1 Å². The Morgan fingerprint density at radius 2 is 1.90 bits per heavy atom. The van der Waals surface area contributed by atoms with Crippen LogP contribution in [0.25, 0.3) is 0 Å². The number of carboxylic acid groups (broad SMARTS) is 1. The number of aryl methyl sites for hydroxylation is 3. The predicted molar refractivity (Wildman–Crippen MR) is 79.7 cm³/mol. The van der Waals surface area contributed by atoms with Crippen molar-refractivity contribution in [3.8, 4) is 0 Å². The van der Waals surface area contributed by atoms with Crippen LogP contribution in [0, 0.1) is 6.92 Å². The van der Waals surface area contributed by atoms with E-state index in [2.05, 4.69) is 36.3 Å². The van der Waals surface area contributed by atoms with E-state index >= 15 is 0 Å². The van der Waals surface area contributed by atoms with Crippen LogP contribution in [0.15, 0.2) is 18.2 Å². The van der Waals surface area contributed by atoms with Crippen LogP contribution in [0.2, 0.25) is 0 Å². The van der Waals surface area contributed by atoms with E-state index in [0.717, 1.165) is 29.9 Å². The Bertz CT molecular complexity index is 613. The molecule has 0 saturated carbocycles. The van der Waals surface area contributed by atoms with Gasteiger partial charge in [0, 0.05) is 5.69 Å². The molecule has 1 aromatic heterocycles. The van der Waals surface area contributed by atoms with Gasteiger partial charge in [-0.3, -0.25) is 0 Å². The van der Waals surface area contributed by atoms with Gasteiger partial charge in [0.2, 0.25) is 0 Å². The van der Waals surface area contributed by atoms with Crippen molar-refractivity contribution in [2.75, 3.05) is 5.32 Å². The first kappa shape index (κ1) is 14.5. The third-order valence-corrected chi connectivity index (χ3v) is 4.27. The molecule has 0 unspecified atom stereocenters. The monoisotopic (exact) mass is 289 g/mol. The summed E-state index contributed by atoms with van der Waals surface area (Å²) in [7, 11) is 0. The molecule has 0 amide bonds. The van der Waals surface area contributed by atoms with Crippen LogP contribution >= 0.6 is 11.3 Å². The highest BCUT2D eigenvalue weighted by Crippen LogP contribution is 2.30. The summed E-state index contributed by atoms with van der Waals surface area (Å²) in [6, 6.07) is 6.19. The summed E-state index contributed by atoms with van der Waals surface area (Å²) in [4.78, 5) is 15.4. The molecule has 0 bridgehead atoms. The molecule has 0 radical (unpaired) electrons. The van der Waals surface area contributed by atoms with E-state index in [9.17, 15) is 9.90 Å². The molecule has 0 saturated heterocycles. The van der Waals surface area contributed by atoms with Crippen LogP contribution in [0.4, 0.5) is 10.8 Å². The summed E-state index contributed by atoms with van der Waals surface area (Å²) in [6.07, 6.45) is 1.82. The first-order valence-corrected chi connectivity index (χ1v) is 7.45. The van der Waals surface area contributed by atoms with Crippen molar-refractivity contribution < 1.29 is 9.90 Å². The number of thiazole rings is 1. The average molecular weight is 289 g/mol. The number of aromatic carboxylic acids is 1. The minimum absolute atomic E-state index is 0.180. The molecule has 0 fully saturated rings. The Hall–Kier alpha value is -1.88. The number of hydrogen-bond donors (Lipinski definition) is 1. The summed E-state index contributed by atoms with van der Waals surface area (Å²) in [5.74, 6) is -1.17. The number of aromatic nitrogens is 1. The molecule has 2 rings (SSSR count). The average Bonchev–Trinajstić information content (AvgIpc) is 2.80. The summed E-state index contributed by atoms with van der Waals surface area (Å²) >= 11 is 1.12. The Morgan fingerprint density at radius 3 is 2.35 bits per heavy atom. The van der Waals surface area contributed by atoms with Crippen LogP contribution in [-0.2, 0) is 12.8 Å². The maximum atomic E-state index is 11.0. The number of rotatable bonds is 5. The highest BCUT2D eigenvalue weighted by atomic mass is 32.1. The van der Waals surface area contributed by atoms with Crippen molar-refractivity contribution in [2.45, 2.75) is 33.6 Å². The summed E-state index contributed by atoms with van der Waals surface area (Å²) < 4.78 is 0. The minimum Gasteiger partial charge on any atom is -0.544 e. The smallest absolute Gasteiger partial charge is 0.188 e. The molecule has 0 aliphatic carbocycles. The Labute approximate surface area is 122 Å². The van der Waals surface area contributed by atoms with Gasteiger partial charge < -0.3 is 15.2 Å². The zero-order valence-electron chi connectivity index (χ0n) is 11.8. The van der Waals surface area contributed by atoms with Gasteiger partial charge >= 0.3 is 0 Å². The van der Waals surface area contributed by atoms with E-state index in [1.165, 1.54) is 11.1 Å². The first-order chi connectivity index (χ1) is 9.56. The largest absolute Gasteiger partial charge is 0.544 e. The van der Waals surface area contributed by atoms with Crippen LogP contribution in [0.3, 0.4) is 0 Å². The summed E-state index contributed by atoms with van der Waals surface area (Å²) in [6.45, 7) is 5.87. The number of benzene rings is 1. The maximum absolute atomic E-state index is 11.0. The molecule has 5 heteroatoms. The molecular weight excluding hydrogens is 272 g/mol. The number of carbonyl (C=O) groups excluding carboxylic acids is 1. The molecule has 0 atom stereocenters. The second-order valence-corrected chi connectivity index (χ2v) is 5.50. The normalized spacial score (nSPS) is 10.6. The van der Waals surface area contributed by atoms with Crippen LogP contribution in [-0.4, -0.2) is 11.0 Å². The highest BCUT2D eigenvalue weighted by Gasteiger charge is 2.12. The molecule has 1 aromatic carbocycles. The fourth-order valence-corrected chi connectivity index (χ4v) is 2.96. The van der Waals surface area contributed by atoms with Crippen LogP contribution < -0.4 is 10.4 Å². The fourth-order valence-electron chi connectivity index (χ4n) is 2.15. The van der Waals surface area contributed by atoms with E-state index < -0.39 is 5.97 Å². The molecular formula is C15H17N2O2S-. The lowest BCUT2D eigenvalue weighted by atomic mass is 10.0. The van der Waals surface area contributed by atoms with Gasteiger partial charge in [-0.1, -0.05) is 43.4 Å². The van der Waals surface area contributed by atoms with Gasteiger partial charge in [-0.25, -0.2) is 4.98 Å².